The maximum Gasteiger partial charge on any atom is 0.221 e. The number of hydrogen-bond acceptors (Lipinski definition) is 1. The van der Waals surface area contributed by atoms with Gasteiger partial charge in [-0.15, -0.1) is 0 Å². The minimum absolute atomic E-state index is 0.0713. The van der Waals surface area contributed by atoms with Gasteiger partial charge < -0.3 is 5.32 Å². The molecule has 1 atom stereocenters. The maximum atomic E-state index is 12.8. The minimum Gasteiger partial charge on any atom is -0.345 e. The molecular formula is C27H31NO. The molecule has 2 heteroatoms. The van der Waals surface area contributed by atoms with E-state index >= 15 is 0 Å². The Kier molecular flexibility index (Phi) is 6.53. The van der Waals surface area contributed by atoms with Crippen LogP contribution in [0.1, 0.15) is 61.1 Å². The number of rotatable bonds is 6. The molecule has 0 unspecified atom stereocenters. The van der Waals surface area contributed by atoms with Crippen molar-refractivity contribution in [2.24, 2.45) is 0 Å². The van der Waals surface area contributed by atoms with Crippen LogP contribution in [0.3, 0.4) is 0 Å². The highest BCUT2D eigenvalue weighted by Crippen LogP contribution is 2.25. The molecule has 0 bridgehead atoms. The molecule has 29 heavy (non-hydrogen) atoms. The first-order valence-electron chi connectivity index (χ1n) is 10.3. The summed E-state index contributed by atoms with van der Waals surface area (Å²) in [6.07, 6.45) is 1.22. The van der Waals surface area contributed by atoms with Gasteiger partial charge in [0.1, 0.15) is 0 Å². The van der Waals surface area contributed by atoms with E-state index in [0.29, 0.717) is 6.42 Å². The molecule has 0 saturated heterocycles. The largest absolute Gasteiger partial charge is 0.345 e. The third-order valence-electron chi connectivity index (χ3n) is 5.40. The molecule has 0 spiro atoms. The van der Waals surface area contributed by atoms with E-state index in [9.17, 15) is 4.79 Å². The van der Waals surface area contributed by atoms with Gasteiger partial charge in [-0.25, -0.2) is 0 Å². The van der Waals surface area contributed by atoms with Crippen LogP contribution in [-0.2, 0) is 16.6 Å². The lowest BCUT2D eigenvalue weighted by Gasteiger charge is -2.22. The van der Waals surface area contributed by atoms with Crippen LogP contribution in [0.15, 0.2) is 78.9 Å². The second-order valence-electron chi connectivity index (χ2n) is 8.71. The maximum absolute atomic E-state index is 12.8. The van der Waals surface area contributed by atoms with Crippen LogP contribution < -0.4 is 5.32 Å². The van der Waals surface area contributed by atoms with Crippen LogP contribution in [0.5, 0.6) is 0 Å². The Morgan fingerprint density at radius 3 is 2.10 bits per heavy atom. The summed E-state index contributed by atoms with van der Waals surface area (Å²) in [5.41, 5.74) is 6.08. The van der Waals surface area contributed by atoms with E-state index in [-0.39, 0.29) is 17.4 Å². The lowest BCUT2D eigenvalue weighted by Crippen LogP contribution is -2.30. The molecule has 3 rings (SSSR count). The van der Waals surface area contributed by atoms with Crippen molar-refractivity contribution in [3.63, 3.8) is 0 Å². The van der Waals surface area contributed by atoms with Gasteiger partial charge in [-0.3, -0.25) is 4.79 Å². The van der Waals surface area contributed by atoms with Crippen LogP contribution in [0.2, 0.25) is 0 Å². The van der Waals surface area contributed by atoms with Gasteiger partial charge in [0.15, 0.2) is 0 Å². The Morgan fingerprint density at radius 2 is 1.48 bits per heavy atom. The van der Waals surface area contributed by atoms with Gasteiger partial charge in [0.2, 0.25) is 5.91 Å². The standard InChI is InChI=1S/C27H31NO/c1-20-10-8-9-13-24(20)26(22-11-6-5-7-12-22)28-25(29)19-16-21-14-17-23(18-15-21)27(2,3)4/h5-15,17-18,26H,16,19H2,1-4H3,(H,28,29)/t26-/m0/s1. The van der Waals surface area contributed by atoms with Gasteiger partial charge in [0, 0.05) is 6.42 Å². The van der Waals surface area contributed by atoms with Crippen molar-refractivity contribution < 1.29 is 4.79 Å². The van der Waals surface area contributed by atoms with E-state index in [1.807, 2.05) is 30.3 Å². The lowest BCUT2D eigenvalue weighted by atomic mass is 9.86. The fourth-order valence-corrected chi connectivity index (χ4v) is 3.56. The number of benzene rings is 3. The first-order valence-corrected chi connectivity index (χ1v) is 10.3. The van der Waals surface area contributed by atoms with Gasteiger partial charge in [-0.1, -0.05) is 99.6 Å². The Bertz CT molecular complexity index is 936. The molecule has 1 N–H and O–H groups in total. The van der Waals surface area contributed by atoms with Crippen LogP contribution >= 0.6 is 0 Å². The summed E-state index contributed by atoms with van der Waals surface area (Å²) in [6, 6.07) is 26.9. The molecule has 0 aromatic heterocycles. The fourth-order valence-electron chi connectivity index (χ4n) is 3.56. The van der Waals surface area contributed by atoms with Crippen molar-refractivity contribution in [3.05, 3.63) is 107 Å². The minimum atomic E-state index is -0.131. The third kappa shape index (κ3) is 5.57. The van der Waals surface area contributed by atoms with Crippen molar-refractivity contribution >= 4 is 5.91 Å². The summed E-state index contributed by atoms with van der Waals surface area (Å²) >= 11 is 0. The Balaban J connectivity index is 1.70. The summed E-state index contributed by atoms with van der Waals surface area (Å²) in [5.74, 6) is 0.0713. The SMILES string of the molecule is Cc1ccccc1[C@@H](NC(=O)CCc1ccc(C(C)(C)C)cc1)c1ccccc1. The van der Waals surface area contributed by atoms with Crippen LogP contribution in [0, 0.1) is 6.92 Å². The van der Waals surface area contributed by atoms with Gasteiger partial charge in [-0.05, 0) is 46.6 Å². The average Bonchev–Trinajstić information content (AvgIpc) is 2.71. The van der Waals surface area contributed by atoms with E-state index in [0.717, 1.165) is 17.5 Å². The second-order valence-corrected chi connectivity index (χ2v) is 8.71. The van der Waals surface area contributed by atoms with Gasteiger partial charge in [-0.2, -0.15) is 0 Å². The molecule has 0 aliphatic heterocycles. The third-order valence-corrected chi connectivity index (χ3v) is 5.40. The summed E-state index contributed by atoms with van der Waals surface area (Å²) in [7, 11) is 0. The van der Waals surface area contributed by atoms with E-state index in [4.69, 9.17) is 0 Å². The van der Waals surface area contributed by atoms with Gasteiger partial charge >= 0.3 is 0 Å². The molecule has 2 nitrogen and oxygen atoms in total. The first-order chi connectivity index (χ1) is 13.8. The van der Waals surface area contributed by atoms with Crippen LogP contribution in [0.4, 0.5) is 0 Å². The number of carbonyl (C=O) groups excluding carboxylic acids is 1. The van der Waals surface area contributed by atoms with Gasteiger partial charge in [0.05, 0.1) is 6.04 Å². The zero-order chi connectivity index (χ0) is 20.9. The van der Waals surface area contributed by atoms with Gasteiger partial charge in [0.25, 0.3) is 0 Å². The van der Waals surface area contributed by atoms with Crippen molar-refractivity contribution in [2.75, 3.05) is 0 Å². The van der Waals surface area contributed by atoms with E-state index in [1.54, 1.807) is 0 Å². The predicted octanol–water partition coefficient (Wildman–Crippen LogP) is 6.13. The lowest BCUT2D eigenvalue weighted by molar-refractivity contribution is -0.121. The molecule has 0 aliphatic rings. The van der Waals surface area contributed by atoms with Crippen molar-refractivity contribution in [1.82, 2.24) is 5.32 Å². The molecule has 0 saturated carbocycles. The Labute approximate surface area is 175 Å². The van der Waals surface area contributed by atoms with E-state index in [1.165, 1.54) is 16.7 Å². The normalized spacial score (nSPS) is 12.4. The number of nitrogens with one attached hydrogen (secondary N) is 1. The van der Waals surface area contributed by atoms with E-state index in [2.05, 4.69) is 81.5 Å². The number of hydrogen-bond donors (Lipinski definition) is 1. The molecular weight excluding hydrogens is 354 g/mol. The van der Waals surface area contributed by atoms with E-state index < -0.39 is 0 Å². The topological polar surface area (TPSA) is 29.1 Å². The zero-order valence-corrected chi connectivity index (χ0v) is 17.9. The summed E-state index contributed by atoms with van der Waals surface area (Å²) in [6.45, 7) is 8.73. The molecule has 0 aliphatic carbocycles. The highest BCUT2D eigenvalue weighted by Gasteiger charge is 2.18. The van der Waals surface area contributed by atoms with Crippen molar-refractivity contribution in [2.45, 2.75) is 52.0 Å². The predicted molar refractivity (Wildman–Crippen MR) is 121 cm³/mol. The second kappa shape index (κ2) is 9.09. The molecule has 0 heterocycles. The van der Waals surface area contributed by atoms with Crippen LogP contribution in [-0.4, -0.2) is 5.91 Å². The van der Waals surface area contributed by atoms with Crippen molar-refractivity contribution in [3.8, 4) is 0 Å². The molecule has 0 fully saturated rings. The number of carbonyl (C=O) groups is 1. The van der Waals surface area contributed by atoms with Crippen LogP contribution in [0.25, 0.3) is 0 Å². The number of aryl methyl sites for hydroxylation is 2. The summed E-state index contributed by atoms with van der Waals surface area (Å²) < 4.78 is 0. The highest BCUT2D eigenvalue weighted by molar-refractivity contribution is 5.77. The average molecular weight is 386 g/mol. The number of amides is 1. The monoisotopic (exact) mass is 385 g/mol. The summed E-state index contributed by atoms with van der Waals surface area (Å²) in [4.78, 5) is 12.8. The molecule has 1 amide bonds. The molecule has 3 aromatic rings. The highest BCUT2D eigenvalue weighted by atomic mass is 16.1. The summed E-state index contributed by atoms with van der Waals surface area (Å²) in [5, 5.41) is 3.26. The molecule has 3 aromatic carbocycles. The molecule has 0 radical (unpaired) electrons. The Morgan fingerprint density at radius 1 is 0.862 bits per heavy atom. The molecule has 150 valence electrons. The zero-order valence-electron chi connectivity index (χ0n) is 17.9. The first kappa shape index (κ1) is 20.9. The van der Waals surface area contributed by atoms with Crippen molar-refractivity contribution in [1.29, 1.82) is 0 Å². The fraction of sp³-hybridized carbons (Fsp3) is 0.296. The Hall–Kier alpha value is -2.87. The smallest absolute Gasteiger partial charge is 0.221 e. The quantitative estimate of drug-likeness (QED) is 0.543.